The van der Waals surface area contributed by atoms with Crippen molar-refractivity contribution in [1.82, 2.24) is 15.3 Å². The summed E-state index contributed by atoms with van der Waals surface area (Å²) in [5.41, 5.74) is 2.14. The van der Waals surface area contributed by atoms with Gasteiger partial charge in [0.1, 0.15) is 0 Å². The van der Waals surface area contributed by atoms with Gasteiger partial charge in [0.2, 0.25) is 0 Å². The molecule has 4 heteroatoms. The summed E-state index contributed by atoms with van der Waals surface area (Å²) in [5, 5.41) is 3.42. The minimum atomic E-state index is 0.0889. The Morgan fingerprint density at radius 1 is 1.44 bits per heavy atom. The fourth-order valence-electron chi connectivity index (χ4n) is 1.31. The highest BCUT2D eigenvalue weighted by Gasteiger charge is 2.10. The molecule has 0 fully saturated rings. The third-order valence-corrected chi connectivity index (χ3v) is 2.42. The van der Waals surface area contributed by atoms with E-state index in [1.165, 1.54) is 0 Å². The zero-order chi connectivity index (χ0) is 13.6. The van der Waals surface area contributed by atoms with E-state index < -0.39 is 0 Å². The Hall–Kier alpha value is -1.42. The van der Waals surface area contributed by atoms with E-state index in [1.54, 1.807) is 0 Å². The monoisotopic (exact) mass is 249 g/mol. The molecule has 1 N–H and O–H groups in total. The summed E-state index contributed by atoms with van der Waals surface area (Å²) >= 11 is 0. The molecule has 0 aromatic carbocycles. The molecule has 0 radical (unpaired) electrons. The van der Waals surface area contributed by atoms with E-state index in [0.717, 1.165) is 24.2 Å². The molecule has 0 aliphatic carbocycles. The Bertz CT molecular complexity index is 397. The molecule has 100 valence electrons. The molecule has 0 bridgehead atoms. The fraction of sp³-hybridized carbons (Fsp3) is 0.571. The lowest BCUT2D eigenvalue weighted by Crippen LogP contribution is -2.35. The van der Waals surface area contributed by atoms with Crippen LogP contribution in [0, 0.1) is 6.92 Å². The van der Waals surface area contributed by atoms with E-state index in [9.17, 15) is 0 Å². The molecule has 0 amide bonds. The maximum atomic E-state index is 5.41. The van der Waals surface area contributed by atoms with Crippen LogP contribution in [0.25, 0.3) is 0 Å². The van der Waals surface area contributed by atoms with Crippen molar-refractivity contribution in [2.75, 3.05) is 6.61 Å². The molecule has 1 aromatic heterocycles. The molecule has 0 aliphatic rings. The number of aromatic nitrogens is 2. The van der Waals surface area contributed by atoms with E-state index in [0.29, 0.717) is 12.6 Å². The summed E-state index contributed by atoms with van der Waals surface area (Å²) in [6.45, 7) is 13.4. The molecule has 18 heavy (non-hydrogen) atoms. The summed E-state index contributed by atoms with van der Waals surface area (Å²) in [7, 11) is 0. The molecule has 1 rings (SSSR count). The van der Waals surface area contributed by atoms with Crippen LogP contribution in [-0.4, -0.2) is 22.1 Å². The van der Waals surface area contributed by atoms with Gasteiger partial charge in [0.25, 0.3) is 0 Å². The molecule has 1 aromatic rings. The van der Waals surface area contributed by atoms with Crippen LogP contribution < -0.4 is 10.1 Å². The highest BCUT2D eigenvalue weighted by Crippen LogP contribution is 2.10. The van der Waals surface area contributed by atoms with Crippen molar-refractivity contribution in [1.29, 1.82) is 0 Å². The van der Waals surface area contributed by atoms with Gasteiger partial charge in [-0.2, -0.15) is 0 Å². The molecular weight excluding hydrogens is 226 g/mol. The Labute approximate surface area is 109 Å². The van der Waals surface area contributed by atoms with Gasteiger partial charge in [-0.3, -0.25) is 0 Å². The van der Waals surface area contributed by atoms with Crippen LogP contribution in [0.3, 0.4) is 0 Å². The predicted octanol–water partition coefficient (Wildman–Crippen LogP) is 2.63. The van der Waals surface area contributed by atoms with Crippen molar-refractivity contribution in [2.45, 2.75) is 46.2 Å². The van der Waals surface area contributed by atoms with Gasteiger partial charge < -0.3 is 10.1 Å². The molecule has 0 aliphatic heterocycles. The lowest BCUT2D eigenvalue weighted by molar-refractivity contribution is 0.297. The molecule has 0 saturated heterocycles. The zero-order valence-corrected chi connectivity index (χ0v) is 11.8. The van der Waals surface area contributed by atoms with E-state index in [-0.39, 0.29) is 5.54 Å². The maximum Gasteiger partial charge on any atom is 0.316 e. The fourth-order valence-corrected chi connectivity index (χ4v) is 1.31. The van der Waals surface area contributed by atoms with Crippen LogP contribution in [0.5, 0.6) is 6.01 Å². The standard InChI is InChI=1S/C14H23N3O/c1-6-7-8-18-13-15-9-12(11(2)17-13)10-16-14(3,4)5/h6,9,16H,1,7-8,10H2,2-5H3. The van der Waals surface area contributed by atoms with Crippen LogP contribution in [0.15, 0.2) is 18.9 Å². The first-order valence-corrected chi connectivity index (χ1v) is 6.23. The van der Waals surface area contributed by atoms with Crippen molar-refractivity contribution in [3.63, 3.8) is 0 Å². The lowest BCUT2D eigenvalue weighted by Gasteiger charge is -2.20. The van der Waals surface area contributed by atoms with Gasteiger partial charge in [-0.25, -0.2) is 9.97 Å². The van der Waals surface area contributed by atoms with E-state index in [1.807, 2.05) is 19.2 Å². The number of hydrogen-bond acceptors (Lipinski definition) is 4. The largest absolute Gasteiger partial charge is 0.463 e. The van der Waals surface area contributed by atoms with E-state index >= 15 is 0 Å². The Kier molecular flexibility index (Phi) is 5.28. The third kappa shape index (κ3) is 5.27. The highest BCUT2D eigenvalue weighted by atomic mass is 16.5. The summed E-state index contributed by atoms with van der Waals surface area (Å²) in [4.78, 5) is 8.54. The molecule has 0 spiro atoms. The molecule has 4 nitrogen and oxygen atoms in total. The lowest BCUT2D eigenvalue weighted by atomic mass is 10.1. The van der Waals surface area contributed by atoms with Gasteiger partial charge in [0.15, 0.2) is 0 Å². The second-order valence-corrected chi connectivity index (χ2v) is 5.29. The number of hydrogen-bond donors (Lipinski definition) is 1. The van der Waals surface area contributed by atoms with Gasteiger partial charge >= 0.3 is 6.01 Å². The smallest absolute Gasteiger partial charge is 0.316 e. The second kappa shape index (κ2) is 6.50. The number of ether oxygens (including phenoxy) is 1. The third-order valence-electron chi connectivity index (χ3n) is 2.42. The van der Waals surface area contributed by atoms with Crippen molar-refractivity contribution in [2.24, 2.45) is 0 Å². The Morgan fingerprint density at radius 2 is 2.17 bits per heavy atom. The summed E-state index contributed by atoms with van der Waals surface area (Å²) in [6, 6.07) is 0.439. The number of aryl methyl sites for hydroxylation is 1. The number of nitrogens with one attached hydrogen (secondary N) is 1. The first-order chi connectivity index (χ1) is 8.42. The first kappa shape index (κ1) is 14.6. The van der Waals surface area contributed by atoms with Gasteiger partial charge in [-0.15, -0.1) is 6.58 Å². The molecule has 1 heterocycles. The van der Waals surface area contributed by atoms with Gasteiger partial charge in [-0.1, -0.05) is 6.08 Å². The minimum absolute atomic E-state index is 0.0889. The van der Waals surface area contributed by atoms with Crippen LogP contribution >= 0.6 is 0 Å². The van der Waals surface area contributed by atoms with Crippen molar-refractivity contribution in [3.05, 3.63) is 30.1 Å². The minimum Gasteiger partial charge on any atom is -0.463 e. The van der Waals surface area contributed by atoms with Crippen LogP contribution in [-0.2, 0) is 6.54 Å². The van der Waals surface area contributed by atoms with E-state index in [2.05, 4.69) is 42.6 Å². The SMILES string of the molecule is C=CCCOc1ncc(CNC(C)(C)C)c(C)n1. The van der Waals surface area contributed by atoms with Crippen LogP contribution in [0.1, 0.15) is 38.4 Å². The van der Waals surface area contributed by atoms with Crippen LogP contribution in [0.4, 0.5) is 0 Å². The maximum absolute atomic E-state index is 5.41. The number of nitrogens with zero attached hydrogens (tertiary/aromatic N) is 2. The van der Waals surface area contributed by atoms with Gasteiger partial charge in [-0.05, 0) is 34.1 Å². The van der Waals surface area contributed by atoms with Crippen molar-refractivity contribution in [3.8, 4) is 6.01 Å². The molecule has 0 atom stereocenters. The van der Waals surface area contributed by atoms with Gasteiger partial charge in [0, 0.05) is 29.5 Å². The van der Waals surface area contributed by atoms with Crippen molar-refractivity contribution < 1.29 is 4.74 Å². The predicted molar refractivity (Wildman–Crippen MR) is 73.7 cm³/mol. The average molecular weight is 249 g/mol. The quantitative estimate of drug-likeness (QED) is 0.622. The summed E-state index contributed by atoms with van der Waals surface area (Å²) < 4.78 is 5.41. The normalized spacial score (nSPS) is 11.3. The first-order valence-electron chi connectivity index (χ1n) is 6.23. The van der Waals surface area contributed by atoms with Crippen LogP contribution in [0.2, 0.25) is 0 Å². The summed E-state index contributed by atoms with van der Waals surface area (Å²) in [5.74, 6) is 0. The topological polar surface area (TPSA) is 47.0 Å². The molecule has 0 unspecified atom stereocenters. The number of rotatable bonds is 6. The van der Waals surface area contributed by atoms with Gasteiger partial charge in [0.05, 0.1) is 6.61 Å². The summed E-state index contributed by atoms with van der Waals surface area (Å²) in [6.07, 6.45) is 4.44. The highest BCUT2D eigenvalue weighted by molar-refractivity contribution is 5.17. The molecule has 0 saturated carbocycles. The average Bonchev–Trinajstić information content (AvgIpc) is 2.27. The van der Waals surface area contributed by atoms with Crippen molar-refractivity contribution >= 4 is 0 Å². The molecular formula is C14H23N3O. The Morgan fingerprint density at radius 3 is 2.72 bits per heavy atom. The Balaban J connectivity index is 2.59. The van der Waals surface area contributed by atoms with E-state index in [4.69, 9.17) is 4.74 Å². The second-order valence-electron chi connectivity index (χ2n) is 5.29. The zero-order valence-electron chi connectivity index (χ0n) is 11.8.